The zero-order valence-electron chi connectivity index (χ0n) is 18.7. The fraction of sp³-hybridized carbons (Fsp3) is 0.885. The first kappa shape index (κ1) is 20.2. The van der Waals surface area contributed by atoms with E-state index in [0.717, 1.165) is 56.5 Å². The summed E-state index contributed by atoms with van der Waals surface area (Å²) in [5.41, 5.74) is 2.08. The third-order valence-electron chi connectivity index (χ3n) is 10.3. The largest absolute Gasteiger partial charge is 0.393 e. The van der Waals surface area contributed by atoms with E-state index in [-0.39, 0.29) is 11.5 Å². The number of nitrogens with zero attached hydrogens (tertiary/aromatic N) is 1. The van der Waals surface area contributed by atoms with Crippen LogP contribution in [0.5, 0.6) is 0 Å². The van der Waals surface area contributed by atoms with Gasteiger partial charge >= 0.3 is 0 Å². The molecule has 0 amide bonds. The average molecular weight is 400 g/mol. The minimum atomic E-state index is -0.122. The van der Waals surface area contributed by atoms with Gasteiger partial charge < -0.3 is 5.11 Å². The van der Waals surface area contributed by atoms with Crippen LogP contribution >= 0.6 is 0 Å². The molecule has 3 nitrogen and oxygen atoms in total. The zero-order valence-corrected chi connectivity index (χ0v) is 18.7. The first-order chi connectivity index (χ1) is 13.9. The molecule has 1 saturated heterocycles. The van der Waals surface area contributed by atoms with Gasteiger partial charge in [0.05, 0.1) is 12.6 Å². The van der Waals surface area contributed by atoms with E-state index in [0.29, 0.717) is 23.7 Å². The molecule has 0 aromatic carbocycles. The predicted octanol–water partition coefficient (Wildman–Crippen LogP) is 4.98. The van der Waals surface area contributed by atoms with Crippen molar-refractivity contribution in [3.8, 4) is 0 Å². The highest BCUT2D eigenvalue weighted by Gasteiger charge is 2.59. The van der Waals surface area contributed by atoms with Gasteiger partial charge in [-0.25, -0.2) is 0 Å². The van der Waals surface area contributed by atoms with Crippen LogP contribution in [0.2, 0.25) is 0 Å². The smallest absolute Gasteiger partial charge is 0.150 e. The van der Waals surface area contributed by atoms with E-state index in [9.17, 15) is 9.90 Å². The number of hydrogen-bond acceptors (Lipinski definition) is 3. The highest BCUT2D eigenvalue weighted by Crippen LogP contribution is 2.66. The van der Waals surface area contributed by atoms with Crippen molar-refractivity contribution in [3.05, 3.63) is 11.6 Å². The average Bonchev–Trinajstić information content (AvgIpc) is 3.06. The molecule has 5 aliphatic rings. The SMILES string of the molecule is C[C@]12CC[C@@H]3[C@@H](CC=C4C[C@@H](O)CC[C@@]43C)[C@@H]1CC[C@@H]2C(=O)CN1CCCCC1. The van der Waals surface area contributed by atoms with Crippen LogP contribution in [0.15, 0.2) is 11.6 Å². The minimum Gasteiger partial charge on any atom is -0.393 e. The number of hydrogen-bond donors (Lipinski definition) is 1. The highest BCUT2D eigenvalue weighted by molar-refractivity contribution is 5.84. The quantitative estimate of drug-likeness (QED) is 0.680. The number of likely N-dealkylation sites (tertiary alicyclic amines) is 1. The van der Waals surface area contributed by atoms with E-state index >= 15 is 0 Å². The molecule has 0 spiro atoms. The number of carbonyl (C=O) groups is 1. The summed E-state index contributed by atoms with van der Waals surface area (Å²) >= 11 is 0. The number of Topliss-reactive ketones (excluding diaryl/α,β-unsaturated/α-hetero) is 1. The van der Waals surface area contributed by atoms with Gasteiger partial charge in [0.1, 0.15) is 5.78 Å². The Bertz CT molecular complexity index is 680. The normalized spacial score (nSPS) is 47.7. The number of allylic oxidation sites excluding steroid dienone is 1. The third-order valence-corrected chi connectivity index (χ3v) is 10.3. The molecule has 0 unspecified atom stereocenters. The number of fused-ring (bicyclic) bond motifs is 5. The number of ketones is 1. The molecule has 1 heterocycles. The highest BCUT2D eigenvalue weighted by atomic mass is 16.3. The first-order valence-electron chi connectivity index (χ1n) is 12.5. The number of piperidine rings is 1. The maximum absolute atomic E-state index is 13.4. The molecule has 0 bridgehead atoms. The van der Waals surface area contributed by atoms with Crippen molar-refractivity contribution in [1.29, 1.82) is 0 Å². The molecule has 162 valence electrons. The number of rotatable bonds is 3. The molecule has 1 N–H and O–H groups in total. The van der Waals surface area contributed by atoms with Gasteiger partial charge in [0.2, 0.25) is 0 Å². The molecular weight excluding hydrogens is 358 g/mol. The van der Waals surface area contributed by atoms with Gasteiger partial charge in [-0.1, -0.05) is 31.9 Å². The van der Waals surface area contributed by atoms with Crippen LogP contribution in [0, 0.1) is 34.5 Å². The second-order valence-corrected chi connectivity index (χ2v) is 11.6. The molecule has 0 radical (unpaired) electrons. The lowest BCUT2D eigenvalue weighted by Crippen LogP contribution is -2.51. The van der Waals surface area contributed by atoms with E-state index in [1.54, 1.807) is 5.57 Å². The van der Waals surface area contributed by atoms with E-state index in [1.165, 1.54) is 44.9 Å². The molecule has 1 aliphatic heterocycles. The summed E-state index contributed by atoms with van der Waals surface area (Å²) < 4.78 is 0. The van der Waals surface area contributed by atoms with E-state index in [4.69, 9.17) is 0 Å². The van der Waals surface area contributed by atoms with Crippen molar-refractivity contribution in [1.82, 2.24) is 4.90 Å². The van der Waals surface area contributed by atoms with Gasteiger partial charge in [-0.3, -0.25) is 9.69 Å². The van der Waals surface area contributed by atoms with Crippen LogP contribution in [0.1, 0.15) is 84.5 Å². The molecule has 4 fully saturated rings. The predicted molar refractivity (Wildman–Crippen MR) is 116 cm³/mol. The monoisotopic (exact) mass is 399 g/mol. The van der Waals surface area contributed by atoms with Gasteiger partial charge in [-0.2, -0.15) is 0 Å². The molecule has 3 saturated carbocycles. The van der Waals surface area contributed by atoms with Gasteiger partial charge in [-0.05, 0) is 106 Å². The standard InChI is InChI=1S/C26H41NO2/c1-25-12-10-19(28)16-18(25)6-7-20-21-8-9-23(26(21,2)13-11-22(20)25)24(29)17-27-14-4-3-5-15-27/h6,19-23,28H,3-5,7-17H2,1-2H3/t19-,20-,21-,22+,23+,25-,26-/m0/s1. The van der Waals surface area contributed by atoms with Gasteiger partial charge in [-0.15, -0.1) is 0 Å². The van der Waals surface area contributed by atoms with Crippen molar-refractivity contribution >= 4 is 5.78 Å². The summed E-state index contributed by atoms with van der Waals surface area (Å²) in [6.07, 6.45) is 15.4. The molecule has 5 rings (SSSR count). The maximum Gasteiger partial charge on any atom is 0.150 e. The lowest BCUT2D eigenvalue weighted by molar-refractivity contribution is -0.131. The lowest BCUT2D eigenvalue weighted by Gasteiger charge is -2.58. The number of carbonyl (C=O) groups excluding carboxylic acids is 1. The Morgan fingerprint density at radius 1 is 1.07 bits per heavy atom. The van der Waals surface area contributed by atoms with Crippen molar-refractivity contribution in [2.75, 3.05) is 19.6 Å². The van der Waals surface area contributed by atoms with Crippen LogP contribution in [0.4, 0.5) is 0 Å². The molecule has 29 heavy (non-hydrogen) atoms. The second kappa shape index (κ2) is 7.48. The summed E-state index contributed by atoms with van der Waals surface area (Å²) in [7, 11) is 0. The fourth-order valence-corrected chi connectivity index (χ4v) is 8.62. The van der Waals surface area contributed by atoms with Crippen molar-refractivity contribution in [2.45, 2.75) is 90.6 Å². The van der Waals surface area contributed by atoms with Crippen LogP contribution in [-0.4, -0.2) is 41.5 Å². The van der Waals surface area contributed by atoms with Crippen molar-refractivity contribution < 1.29 is 9.90 Å². The maximum atomic E-state index is 13.4. The summed E-state index contributed by atoms with van der Waals surface area (Å²) in [6, 6.07) is 0. The Morgan fingerprint density at radius 3 is 2.66 bits per heavy atom. The Hall–Kier alpha value is -0.670. The van der Waals surface area contributed by atoms with Gasteiger partial charge in [0.25, 0.3) is 0 Å². The lowest BCUT2D eigenvalue weighted by atomic mass is 9.47. The Morgan fingerprint density at radius 2 is 1.86 bits per heavy atom. The molecular formula is C26H41NO2. The van der Waals surface area contributed by atoms with E-state index < -0.39 is 0 Å². The number of aliphatic hydroxyl groups excluding tert-OH is 1. The Kier molecular flexibility index (Phi) is 5.22. The van der Waals surface area contributed by atoms with Crippen LogP contribution in [-0.2, 0) is 4.79 Å². The van der Waals surface area contributed by atoms with Gasteiger partial charge in [0, 0.05) is 5.92 Å². The van der Waals surface area contributed by atoms with Crippen LogP contribution in [0.3, 0.4) is 0 Å². The molecule has 4 aliphatic carbocycles. The topological polar surface area (TPSA) is 40.5 Å². The van der Waals surface area contributed by atoms with Crippen molar-refractivity contribution in [2.24, 2.45) is 34.5 Å². The Labute approximate surface area is 177 Å². The second-order valence-electron chi connectivity index (χ2n) is 11.6. The fourth-order valence-electron chi connectivity index (χ4n) is 8.62. The number of aliphatic hydroxyl groups is 1. The van der Waals surface area contributed by atoms with Gasteiger partial charge in [0.15, 0.2) is 0 Å². The molecule has 3 heteroatoms. The third kappa shape index (κ3) is 3.26. The van der Waals surface area contributed by atoms with Crippen LogP contribution < -0.4 is 0 Å². The first-order valence-corrected chi connectivity index (χ1v) is 12.5. The van der Waals surface area contributed by atoms with E-state index in [1.807, 2.05) is 0 Å². The molecule has 7 atom stereocenters. The zero-order chi connectivity index (χ0) is 20.2. The molecule has 0 aromatic heterocycles. The Balaban J connectivity index is 1.33. The minimum absolute atomic E-state index is 0.122. The van der Waals surface area contributed by atoms with E-state index in [2.05, 4.69) is 24.8 Å². The summed E-state index contributed by atoms with van der Waals surface area (Å²) in [6.45, 7) is 7.94. The summed E-state index contributed by atoms with van der Waals surface area (Å²) in [5, 5.41) is 10.2. The van der Waals surface area contributed by atoms with Crippen LogP contribution in [0.25, 0.3) is 0 Å². The van der Waals surface area contributed by atoms with Crippen molar-refractivity contribution in [3.63, 3.8) is 0 Å². The summed E-state index contributed by atoms with van der Waals surface area (Å²) in [4.78, 5) is 15.8. The molecule has 0 aromatic rings. The summed E-state index contributed by atoms with van der Waals surface area (Å²) in [5.74, 6) is 3.09.